The molecule has 1 aliphatic carbocycles. The Morgan fingerprint density at radius 3 is 2.74 bits per heavy atom. The quantitative estimate of drug-likeness (QED) is 0.875. The Morgan fingerprint density at radius 2 is 1.95 bits per heavy atom. The Bertz CT molecular complexity index is 574. The van der Waals surface area contributed by atoms with Gasteiger partial charge in [-0.15, -0.1) is 11.8 Å². The molecule has 0 saturated heterocycles. The first kappa shape index (κ1) is 12.8. The highest BCUT2D eigenvalue weighted by Crippen LogP contribution is 2.36. The number of thioether (sulfide) groups is 1. The Labute approximate surface area is 118 Å². The molecular weight excluding hydrogens is 252 g/mol. The van der Waals surface area contributed by atoms with Gasteiger partial charge in [0, 0.05) is 21.7 Å². The largest absolute Gasteiger partial charge is 0.383 e. The number of pyridine rings is 1. The van der Waals surface area contributed by atoms with E-state index < -0.39 is 0 Å². The summed E-state index contributed by atoms with van der Waals surface area (Å²) in [7, 11) is 0. The molecule has 1 heterocycles. The lowest BCUT2D eigenvalue weighted by atomic mass is 9.91. The zero-order valence-electron chi connectivity index (χ0n) is 11.3. The van der Waals surface area contributed by atoms with Crippen LogP contribution in [0.5, 0.6) is 0 Å². The highest BCUT2D eigenvalue weighted by atomic mass is 32.2. The van der Waals surface area contributed by atoms with Crippen molar-refractivity contribution < 1.29 is 0 Å². The second-order valence-electron chi connectivity index (χ2n) is 5.58. The molecule has 2 nitrogen and oxygen atoms in total. The SMILES string of the molecule is CC1CCC(Sc2ccc3c(N)nccc3c2)CC1. The molecule has 100 valence electrons. The standard InChI is InChI=1S/C16H20N2S/c1-11-2-4-13(5-3-11)19-14-6-7-15-12(10-14)8-9-18-16(15)17/h6-11,13H,2-5H2,1H3,(H2,17,18). The van der Waals surface area contributed by atoms with Crippen molar-refractivity contribution in [1.82, 2.24) is 4.98 Å². The van der Waals surface area contributed by atoms with Crippen molar-refractivity contribution in [2.24, 2.45) is 5.92 Å². The smallest absolute Gasteiger partial charge is 0.131 e. The second kappa shape index (κ2) is 5.41. The molecule has 2 aromatic rings. The molecule has 1 aromatic heterocycles. The Kier molecular flexibility index (Phi) is 3.65. The molecule has 0 amide bonds. The van der Waals surface area contributed by atoms with Gasteiger partial charge in [-0.3, -0.25) is 0 Å². The summed E-state index contributed by atoms with van der Waals surface area (Å²) in [6, 6.07) is 8.57. The zero-order chi connectivity index (χ0) is 13.2. The summed E-state index contributed by atoms with van der Waals surface area (Å²) in [6.45, 7) is 2.37. The first-order valence-corrected chi connectivity index (χ1v) is 7.91. The predicted octanol–water partition coefficient (Wildman–Crippen LogP) is 4.49. The summed E-state index contributed by atoms with van der Waals surface area (Å²) in [5.41, 5.74) is 5.89. The van der Waals surface area contributed by atoms with Crippen LogP contribution in [0.1, 0.15) is 32.6 Å². The van der Waals surface area contributed by atoms with Gasteiger partial charge in [0.25, 0.3) is 0 Å². The lowest BCUT2D eigenvalue weighted by Gasteiger charge is -2.25. The van der Waals surface area contributed by atoms with Gasteiger partial charge in [-0.05, 0) is 61.3 Å². The van der Waals surface area contributed by atoms with Gasteiger partial charge in [-0.25, -0.2) is 4.98 Å². The molecular formula is C16H20N2S. The summed E-state index contributed by atoms with van der Waals surface area (Å²) < 4.78 is 0. The normalized spacial score (nSPS) is 23.6. The average Bonchev–Trinajstić information content (AvgIpc) is 2.42. The van der Waals surface area contributed by atoms with E-state index in [9.17, 15) is 0 Å². The minimum absolute atomic E-state index is 0.626. The molecule has 3 heteroatoms. The van der Waals surface area contributed by atoms with Gasteiger partial charge < -0.3 is 5.73 Å². The number of aromatic nitrogens is 1. The number of nitrogens with zero attached hydrogens (tertiary/aromatic N) is 1. The molecule has 1 aromatic carbocycles. The number of fused-ring (bicyclic) bond motifs is 1. The Hall–Kier alpha value is -1.22. The number of anilines is 1. The Morgan fingerprint density at radius 1 is 1.16 bits per heavy atom. The average molecular weight is 272 g/mol. The highest BCUT2D eigenvalue weighted by molar-refractivity contribution is 8.00. The van der Waals surface area contributed by atoms with E-state index in [2.05, 4.69) is 30.1 Å². The fourth-order valence-corrected chi connectivity index (χ4v) is 4.03. The number of nitrogen functional groups attached to an aromatic ring is 1. The third-order valence-corrected chi connectivity index (χ3v) is 5.36. The molecule has 0 aliphatic heterocycles. The lowest BCUT2D eigenvalue weighted by molar-refractivity contribution is 0.393. The van der Waals surface area contributed by atoms with Crippen LogP contribution in [-0.4, -0.2) is 10.2 Å². The van der Waals surface area contributed by atoms with E-state index >= 15 is 0 Å². The van der Waals surface area contributed by atoms with Crippen LogP contribution in [0.15, 0.2) is 35.4 Å². The molecule has 0 bridgehead atoms. The zero-order valence-corrected chi connectivity index (χ0v) is 12.1. The lowest BCUT2D eigenvalue weighted by Crippen LogP contribution is -2.13. The van der Waals surface area contributed by atoms with Gasteiger partial charge >= 0.3 is 0 Å². The fraction of sp³-hybridized carbons (Fsp3) is 0.438. The van der Waals surface area contributed by atoms with Crippen molar-refractivity contribution in [2.45, 2.75) is 42.8 Å². The first-order chi connectivity index (χ1) is 9.22. The number of rotatable bonds is 2. The Balaban J connectivity index is 1.78. The topological polar surface area (TPSA) is 38.9 Å². The third-order valence-electron chi connectivity index (χ3n) is 4.03. The molecule has 0 atom stereocenters. The van der Waals surface area contributed by atoms with Gasteiger partial charge in [0.1, 0.15) is 5.82 Å². The van der Waals surface area contributed by atoms with Crippen LogP contribution in [0, 0.1) is 5.92 Å². The van der Waals surface area contributed by atoms with E-state index in [-0.39, 0.29) is 0 Å². The van der Waals surface area contributed by atoms with Gasteiger partial charge in [0.2, 0.25) is 0 Å². The summed E-state index contributed by atoms with van der Waals surface area (Å²) in [5, 5.41) is 3.04. The van der Waals surface area contributed by atoms with Gasteiger partial charge in [-0.2, -0.15) is 0 Å². The molecule has 0 unspecified atom stereocenters. The first-order valence-electron chi connectivity index (χ1n) is 7.03. The fourth-order valence-electron chi connectivity index (χ4n) is 2.79. The molecule has 1 aliphatic rings. The van der Waals surface area contributed by atoms with Gasteiger partial charge in [0.05, 0.1) is 0 Å². The molecule has 0 radical (unpaired) electrons. The molecule has 3 rings (SSSR count). The van der Waals surface area contributed by atoms with E-state index in [1.54, 1.807) is 6.20 Å². The molecule has 0 spiro atoms. The summed E-state index contributed by atoms with van der Waals surface area (Å²) >= 11 is 2.03. The van der Waals surface area contributed by atoms with E-state index in [4.69, 9.17) is 5.73 Å². The number of hydrogen-bond donors (Lipinski definition) is 1. The van der Waals surface area contributed by atoms with Crippen molar-refractivity contribution in [3.63, 3.8) is 0 Å². The van der Waals surface area contributed by atoms with Gasteiger partial charge in [-0.1, -0.05) is 6.92 Å². The highest BCUT2D eigenvalue weighted by Gasteiger charge is 2.19. The monoisotopic (exact) mass is 272 g/mol. The summed E-state index contributed by atoms with van der Waals surface area (Å²) in [6.07, 6.45) is 7.24. The molecule has 1 saturated carbocycles. The van der Waals surface area contributed by atoms with Crippen LogP contribution in [0.25, 0.3) is 10.8 Å². The minimum atomic E-state index is 0.626. The molecule has 19 heavy (non-hydrogen) atoms. The summed E-state index contributed by atoms with van der Waals surface area (Å²) in [5.74, 6) is 1.54. The predicted molar refractivity (Wildman–Crippen MR) is 83.4 cm³/mol. The van der Waals surface area contributed by atoms with Crippen molar-refractivity contribution in [1.29, 1.82) is 0 Å². The van der Waals surface area contributed by atoms with Crippen molar-refractivity contribution in [3.8, 4) is 0 Å². The van der Waals surface area contributed by atoms with E-state index in [0.717, 1.165) is 16.6 Å². The van der Waals surface area contributed by atoms with Gasteiger partial charge in [0.15, 0.2) is 0 Å². The molecule has 1 fully saturated rings. The van der Waals surface area contributed by atoms with Crippen LogP contribution >= 0.6 is 11.8 Å². The third kappa shape index (κ3) is 2.86. The maximum Gasteiger partial charge on any atom is 0.131 e. The van der Waals surface area contributed by atoms with Crippen molar-refractivity contribution in [3.05, 3.63) is 30.5 Å². The van der Waals surface area contributed by atoms with Crippen LogP contribution in [0.4, 0.5) is 5.82 Å². The van der Waals surface area contributed by atoms with E-state index in [0.29, 0.717) is 5.82 Å². The van der Waals surface area contributed by atoms with Crippen LogP contribution in [-0.2, 0) is 0 Å². The van der Waals surface area contributed by atoms with Crippen LogP contribution < -0.4 is 5.73 Å². The number of nitrogens with two attached hydrogens (primary N) is 1. The second-order valence-corrected chi connectivity index (χ2v) is 6.95. The molecule has 2 N–H and O–H groups in total. The van der Waals surface area contributed by atoms with Crippen LogP contribution in [0.2, 0.25) is 0 Å². The van der Waals surface area contributed by atoms with E-state index in [1.807, 2.05) is 17.8 Å². The van der Waals surface area contributed by atoms with Crippen molar-refractivity contribution >= 4 is 28.4 Å². The van der Waals surface area contributed by atoms with Crippen LogP contribution in [0.3, 0.4) is 0 Å². The van der Waals surface area contributed by atoms with Crippen molar-refractivity contribution in [2.75, 3.05) is 5.73 Å². The number of hydrogen-bond acceptors (Lipinski definition) is 3. The summed E-state index contributed by atoms with van der Waals surface area (Å²) in [4.78, 5) is 5.49. The number of benzene rings is 1. The maximum absolute atomic E-state index is 5.89. The minimum Gasteiger partial charge on any atom is -0.383 e. The maximum atomic E-state index is 5.89. The van der Waals surface area contributed by atoms with E-state index in [1.165, 1.54) is 36.0 Å².